The summed E-state index contributed by atoms with van der Waals surface area (Å²) in [5.41, 5.74) is 4.73. The molecule has 1 aromatic carbocycles. The van der Waals surface area contributed by atoms with Crippen LogP contribution in [-0.4, -0.2) is 27.4 Å². The molecule has 0 aliphatic heterocycles. The molecule has 21 heavy (non-hydrogen) atoms. The number of aromatic nitrogens is 2. The number of aromatic amines is 1. The summed E-state index contributed by atoms with van der Waals surface area (Å²) in [6, 6.07) is 9.01. The summed E-state index contributed by atoms with van der Waals surface area (Å²) >= 11 is 0. The van der Waals surface area contributed by atoms with Crippen molar-refractivity contribution in [2.45, 2.75) is 51.3 Å². The van der Waals surface area contributed by atoms with E-state index in [1.165, 1.54) is 16.7 Å². The highest BCUT2D eigenvalue weighted by molar-refractivity contribution is 5.62. The van der Waals surface area contributed by atoms with Gasteiger partial charge in [0, 0.05) is 18.2 Å². The first-order chi connectivity index (χ1) is 10.2. The van der Waals surface area contributed by atoms with Crippen molar-refractivity contribution in [3.63, 3.8) is 0 Å². The Kier molecular flexibility index (Phi) is 4.36. The molecule has 1 aliphatic carbocycles. The van der Waals surface area contributed by atoms with Gasteiger partial charge in [-0.1, -0.05) is 29.8 Å². The van der Waals surface area contributed by atoms with E-state index in [2.05, 4.69) is 46.7 Å². The third-order valence-corrected chi connectivity index (χ3v) is 4.34. The fourth-order valence-electron chi connectivity index (χ4n) is 2.95. The number of benzene rings is 1. The van der Waals surface area contributed by atoms with Crippen molar-refractivity contribution in [3.05, 3.63) is 41.6 Å². The lowest BCUT2D eigenvalue weighted by molar-refractivity contribution is 0.116. The third-order valence-electron chi connectivity index (χ3n) is 4.34. The van der Waals surface area contributed by atoms with Crippen LogP contribution in [-0.2, 0) is 6.54 Å². The van der Waals surface area contributed by atoms with Gasteiger partial charge in [0.1, 0.15) is 0 Å². The van der Waals surface area contributed by atoms with Crippen molar-refractivity contribution in [1.82, 2.24) is 15.5 Å². The topological polar surface area (TPSA) is 60.9 Å². The number of nitrogens with zero attached hydrogens (tertiary/aromatic N) is 1. The number of aryl methyl sites for hydroxylation is 1. The van der Waals surface area contributed by atoms with Crippen LogP contribution in [0.1, 0.15) is 36.8 Å². The van der Waals surface area contributed by atoms with Crippen molar-refractivity contribution in [3.8, 4) is 11.3 Å². The molecule has 2 aromatic rings. The lowest BCUT2D eigenvalue weighted by atomic mass is 9.93. The normalized spacial score (nSPS) is 22.4. The number of hydrogen-bond acceptors (Lipinski definition) is 3. The molecule has 1 aliphatic rings. The molecule has 0 bridgehead atoms. The van der Waals surface area contributed by atoms with Gasteiger partial charge in [-0.05, 0) is 38.2 Å². The van der Waals surface area contributed by atoms with Crippen LogP contribution in [0, 0.1) is 6.92 Å². The van der Waals surface area contributed by atoms with E-state index in [1.807, 2.05) is 6.20 Å². The molecule has 1 heterocycles. The lowest BCUT2D eigenvalue weighted by Crippen LogP contribution is -2.34. The first kappa shape index (κ1) is 14.3. The summed E-state index contributed by atoms with van der Waals surface area (Å²) in [6.07, 6.45) is 5.74. The second-order valence-electron chi connectivity index (χ2n) is 6.02. The Morgan fingerprint density at radius 1 is 1.19 bits per heavy atom. The Morgan fingerprint density at radius 3 is 2.62 bits per heavy atom. The summed E-state index contributed by atoms with van der Waals surface area (Å²) in [7, 11) is 0. The van der Waals surface area contributed by atoms with E-state index in [4.69, 9.17) is 0 Å². The van der Waals surface area contributed by atoms with Crippen molar-refractivity contribution < 1.29 is 5.11 Å². The van der Waals surface area contributed by atoms with Crippen molar-refractivity contribution >= 4 is 0 Å². The molecular formula is C17H23N3O. The van der Waals surface area contributed by atoms with E-state index in [9.17, 15) is 5.11 Å². The quantitative estimate of drug-likeness (QED) is 0.809. The average Bonchev–Trinajstić information content (AvgIpc) is 2.96. The number of hydrogen-bond donors (Lipinski definition) is 3. The molecule has 1 aromatic heterocycles. The van der Waals surface area contributed by atoms with Gasteiger partial charge in [0.05, 0.1) is 18.0 Å². The van der Waals surface area contributed by atoms with Crippen molar-refractivity contribution in [2.75, 3.05) is 0 Å². The highest BCUT2D eigenvalue weighted by Gasteiger charge is 2.19. The van der Waals surface area contributed by atoms with Gasteiger partial charge in [0.2, 0.25) is 0 Å². The summed E-state index contributed by atoms with van der Waals surface area (Å²) in [4.78, 5) is 0. The minimum atomic E-state index is -0.0971. The van der Waals surface area contributed by atoms with Crippen molar-refractivity contribution in [1.29, 1.82) is 0 Å². The maximum atomic E-state index is 9.55. The molecule has 3 rings (SSSR count). The van der Waals surface area contributed by atoms with Gasteiger partial charge in [-0.25, -0.2) is 0 Å². The molecule has 0 saturated heterocycles. The number of nitrogens with one attached hydrogen (secondary N) is 2. The fourth-order valence-corrected chi connectivity index (χ4v) is 2.95. The zero-order valence-corrected chi connectivity index (χ0v) is 12.5. The number of aliphatic hydroxyl groups excluding tert-OH is 1. The van der Waals surface area contributed by atoms with Gasteiger partial charge in [0.25, 0.3) is 0 Å². The second-order valence-corrected chi connectivity index (χ2v) is 6.02. The van der Waals surface area contributed by atoms with Crippen LogP contribution in [0.2, 0.25) is 0 Å². The molecule has 0 atom stereocenters. The van der Waals surface area contributed by atoms with E-state index < -0.39 is 0 Å². The Bertz CT molecular complexity index is 568. The van der Waals surface area contributed by atoms with Crippen LogP contribution in [0.15, 0.2) is 30.5 Å². The standard InChI is InChI=1S/C17H23N3O/c1-12-2-4-13(5-3-12)17-14(11-19-20-17)10-18-15-6-8-16(21)9-7-15/h2-5,11,15-16,18,21H,6-10H2,1H3,(H,19,20). The van der Waals surface area contributed by atoms with Crippen LogP contribution in [0.4, 0.5) is 0 Å². The van der Waals surface area contributed by atoms with Gasteiger partial charge in [-0.3, -0.25) is 5.10 Å². The molecular weight excluding hydrogens is 262 g/mol. The van der Waals surface area contributed by atoms with Gasteiger partial charge < -0.3 is 10.4 Å². The Hall–Kier alpha value is -1.65. The van der Waals surface area contributed by atoms with Crippen LogP contribution in [0.25, 0.3) is 11.3 Å². The highest BCUT2D eigenvalue weighted by atomic mass is 16.3. The lowest BCUT2D eigenvalue weighted by Gasteiger charge is -2.26. The van der Waals surface area contributed by atoms with Gasteiger partial charge in [-0.15, -0.1) is 0 Å². The summed E-state index contributed by atoms with van der Waals surface area (Å²) in [5, 5.41) is 20.4. The monoisotopic (exact) mass is 285 g/mol. The van der Waals surface area contributed by atoms with Crippen LogP contribution in [0.5, 0.6) is 0 Å². The fraction of sp³-hybridized carbons (Fsp3) is 0.471. The molecule has 4 nitrogen and oxygen atoms in total. The zero-order chi connectivity index (χ0) is 14.7. The van der Waals surface area contributed by atoms with Gasteiger partial charge in [-0.2, -0.15) is 5.10 Å². The van der Waals surface area contributed by atoms with Gasteiger partial charge >= 0.3 is 0 Å². The second kappa shape index (κ2) is 6.41. The first-order valence-electron chi connectivity index (χ1n) is 7.73. The summed E-state index contributed by atoms with van der Waals surface area (Å²) in [6.45, 7) is 2.91. The average molecular weight is 285 g/mol. The third kappa shape index (κ3) is 3.52. The molecule has 0 amide bonds. The Balaban J connectivity index is 1.64. The number of aliphatic hydroxyl groups is 1. The van der Waals surface area contributed by atoms with E-state index >= 15 is 0 Å². The summed E-state index contributed by atoms with van der Waals surface area (Å²) < 4.78 is 0. The van der Waals surface area contributed by atoms with E-state index in [-0.39, 0.29) is 6.10 Å². The Morgan fingerprint density at radius 2 is 1.90 bits per heavy atom. The van der Waals surface area contributed by atoms with Crippen LogP contribution >= 0.6 is 0 Å². The van der Waals surface area contributed by atoms with E-state index in [1.54, 1.807) is 0 Å². The number of H-pyrrole nitrogens is 1. The van der Waals surface area contributed by atoms with Gasteiger partial charge in [0.15, 0.2) is 0 Å². The maximum absolute atomic E-state index is 9.55. The molecule has 1 saturated carbocycles. The molecule has 3 N–H and O–H groups in total. The van der Waals surface area contributed by atoms with Crippen LogP contribution < -0.4 is 5.32 Å². The molecule has 4 heteroatoms. The smallest absolute Gasteiger partial charge is 0.0695 e. The molecule has 0 spiro atoms. The van der Waals surface area contributed by atoms with Crippen molar-refractivity contribution in [2.24, 2.45) is 0 Å². The molecule has 1 fully saturated rings. The Labute approximate surface area is 125 Å². The summed E-state index contributed by atoms with van der Waals surface area (Å²) in [5.74, 6) is 0. The van der Waals surface area contributed by atoms with E-state index in [0.29, 0.717) is 6.04 Å². The largest absolute Gasteiger partial charge is 0.393 e. The van der Waals surface area contributed by atoms with E-state index in [0.717, 1.165) is 37.9 Å². The SMILES string of the molecule is Cc1ccc(-c2[nH]ncc2CNC2CCC(O)CC2)cc1. The van der Waals surface area contributed by atoms with Crippen LogP contribution in [0.3, 0.4) is 0 Å². The maximum Gasteiger partial charge on any atom is 0.0695 e. The number of rotatable bonds is 4. The minimum Gasteiger partial charge on any atom is -0.393 e. The molecule has 0 radical (unpaired) electrons. The zero-order valence-electron chi connectivity index (χ0n) is 12.5. The molecule has 112 valence electrons. The molecule has 0 unspecified atom stereocenters. The predicted octanol–water partition coefficient (Wildman–Crippen LogP) is 2.78. The first-order valence-corrected chi connectivity index (χ1v) is 7.73. The highest BCUT2D eigenvalue weighted by Crippen LogP contribution is 2.23. The minimum absolute atomic E-state index is 0.0971. The predicted molar refractivity (Wildman–Crippen MR) is 83.9 cm³/mol.